The Bertz CT molecular complexity index is 1180. The predicted octanol–water partition coefficient (Wildman–Crippen LogP) is 7.09. The molecule has 6 nitrogen and oxygen atoms in total. The number of pyridine rings is 1. The normalized spacial score (nSPS) is 14.4. The number of halogens is 1. The van der Waals surface area contributed by atoms with E-state index in [2.05, 4.69) is 64.4 Å². The molecule has 7 heteroatoms. The molecule has 3 heterocycles. The van der Waals surface area contributed by atoms with Gasteiger partial charge >= 0.3 is 0 Å². The third kappa shape index (κ3) is 6.99. The van der Waals surface area contributed by atoms with Crippen molar-refractivity contribution in [1.82, 2.24) is 24.3 Å². The lowest BCUT2D eigenvalue weighted by Gasteiger charge is -2.26. The van der Waals surface area contributed by atoms with Crippen molar-refractivity contribution in [3.8, 4) is 11.4 Å². The molecule has 4 rings (SSSR count). The fraction of sp³-hybridized carbons (Fsp3) is 0.567. The lowest BCUT2D eigenvalue weighted by atomic mass is 10.1. The number of imidazole rings is 1. The zero-order chi connectivity index (χ0) is 26.2. The van der Waals surface area contributed by atoms with E-state index >= 15 is 0 Å². The predicted molar refractivity (Wildman–Crippen MR) is 156 cm³/mol. The number of amides is 1. The Balaban J connectivity index is 1.68. The number of rotatable bonds is 12. The quantitative estimate of drug-likeness (QED) is 0.234. The van der Waals surface area contributed by atoms with E-state index in [4.69, 9.17) is 9.97 Å². The van der Waals surface area contributed by atoms with Gasteiger partial charge in [0.1, 0.15) is 17.0 Å². The summed E-state index contributed by atoms with van der Waals surface area (Å²) in [5.41, 5.74) is 4.46. The zero-order valence-corrected chi connectivity index (χ0v) is 24.4. The minimum Gasteiger partial charge on any atom is -0.337 e. The van der Waals surface area contributed by atoms with Crippen molar-refractivity contribution >= 4 is 33.0 Å². The maximum absolute atomic E-state index is 13.5. The summed E-state index contributed by atoms with van der Waals surface area (Å²) in [4.78, 5) is 28.1. The molecule has 37 heavy (non-hydrogen) atoms. The largest absolute Gasteiger partial charge is 0.337 e. The highest BCUT2D eigenvalue weighted by molar-refractivity contribution is 9.10. The van der Waals surface area contributed by atoms with E-state index in [1.165, 1.54) is 37.9 Å². The smallest absolute Gasteiger partial charge is 0.272 e. The summed E-state index contributed by atoms with van der Waals surface area (Å²) in [6.45, 7) is 12.3. The first-order valence-corrected chi connectivity index (χ1v) is 15.0. The summed E-state index contributed by atoms with van der Waals surface area (Å²) >= 11 is 3.65. The summed E-state index contributed by atoms with van der Waals surface area (Å²) in [6.07, 6.45) is 9.15. The number of benzene rings is 1. The molecule has 0 spiro atoms. The zero-order valence-electron chi connectivity index (χ0n) is 22.8. The molecular formula is C30H42BrN5O. The number of carbonyl (C=O) groups excluding carboxylic acids is 1. The molecule has 0 aliphatic carbocycles. The maximum atomic E-state index is 13.5. The lowest BCUT2D eigenvalue weighted by molar-refractivity contribution is 0.0745. The average Bonchev–Trinajstić information content (AvgIpc) is 3.28. The fourth-order valence-electron chi connectivity index (χ4n) is 5.18. The number of nitrogens with zero attached hydrogens (tertiary/aromatic N) is 5. The van der Waals surface area contributed by atoms with Gasteiger partial charge in [-0.05, 0) is 88.5 Å². The molecule has 0 unspecified atom stereocenters. The lowest BCUT2D eigenvalue weighted by Crippen LogP contribution is -2.33. The number of unbranched alkanes of at least 4 members (excludes halogenated alkanes) is 2. The second kappa shape index (κ2) is 13.5. The van der Waals surface area contributed by atoms with E-state index in [9.17, 15) is 4.79 Å². The molecule has 2 aromatic heterocycles. The summed E-state index contributed by atoms with van der Waals surface area (Å²) in [5.74, 6) is 0.961. The molecule has 1 amide bonds. The number of hydrogen-bond donors (Lipinski definition) is 0. The van der Waals surface area contributed by atoms with Gasteiger partial charge in [0.05, 0.1) is 0 Å². The topological polar surface area (TPSA) is 54.3 Å². The van der Waals surface area contributed by atoms with Crippen LogP contribution < -0.4 is 0 Å². The molecular weight excluding hydrogens is 526 g/mol. The van der Waals surface area contributed by atoms with Crippen LogP contribution in [0.4, 0.5) is 0 Å². The van der Waals surface area contributed by atoms with Crippen LogP contribution in [0.2, 0.25) is 0 Å². The first-order chi connectivity index (χ1) is 18.0. The van der Waals surface area contributed by atoms with Gasteiger partial charge in [0.2, 0.25) is 0 Å². The number of fused-ring (bicyclic) bond motifs is 1. The molecule has 0 bridgehead atoms. The number of likely N-dealkylation sites (tertiary alicyclic amines) is 1. The number of hydrogen-bond acceptors (Lipinski definition) is 4. The van der Waals surface area contributed by atoms with Crippen molar-refractivity contribution in [2.24, 2.45) is 0 Å². The fourth-order valence-corrected chi connectivity index (χ4v) is 5.54. The molecule has 1 aliphatic heterocycles. The van der Waals surface area contributed by atoms with E-state index in [0.29, 0.717) is 5.69 Å². The van der Waals surface area contributed by atoms with Crippen molar-refractivity contribution in [2.45, 2.75) is 78.7 Å². The third-order valence-electron chi connectivity index (χ3n) is 7.41. The number of aromatic nitrogens is 3. The molecule has 200 valence electrons. The SMILES string of the molecule is CCCCN(CCCC)C(=O)c1ccc2nc(-c3cc(Br)ccc3C)n(CCCN3CCCCC3)c2n1. The molecule has 1 aliphatic rings. The van der Waals surface area contributed by atoms with E-state index in [1.807, 2.05) is 17.0 Å². The average molecular weight is 569 g/mol. The first-order valence-electron chi connectivity index (χ1n) is 14.2. The first kappa shape index (κ1) is 27.8. The van der Waals surface area contributed by atoms with Crippen LogP contribution in [0, 0.1) is 6.92 Å². The number of piperidine rings is 1. The minimum atomic E-state index is 0.0325. The maximum Gasteiger partial charge on any atom is 0.272 e. The Kier molecular flexibility index (Phi) is 10.1. The van der Waals surface area contributed by atoms with Crippen LogP contribution in [0.5, 0.6) is 0 Å². The van der Waals surface area contributed by atoms with Crippen molar-refractivity contribution < 1.29 is 4.79 Å². The second-order valence-corrected chi connectivity index (χ2v) is 11.3. The highest BCUT2D eigenvalue weighted by Gasteiger charge is 2.21. The summed E-state index contributed by atoms with van der Waals surface area (Å²) in [5, 5.41) is 0. The Labute approximate surface area is 230 Å². The molecule has 0 radical (unpaired) electrons. The summed E-state index contributed by atoms with van der Waals surface area (Å²) in [6, 6.07) is 10.2. The van der Waals surface area contributed by atoms with Crippen LogP contribution in [0.25, 0.3) is 22.6 Å². The number of carbonyl (C=O) groups is 1. The van der Waals surface area contributed by atoms with Crippen LogP contribution in [0.15, 0.2) is 34.8 Å². The Hall–Kier alpha value is -2.25. The van der Waals surface area contributed by atoms with Gasteiger partial charge in [-0.2, -0.15) is 0 Å². The van der Waals surface area contributed by atoms with Gasteiger partial charge in [-0.1, -0.05) is 55.1 Å². The van der Waals surface area contributed by atoms with E-state index < -0.39 is 0 Å². The highest BCUT2D eigenvalue weighted by atomic mass is 79.9. The van der Waals surface area contributed by atoms with Gasteiger partial charge in [0.15, 0.2) is 5.65 Å². The van der Waals surface area contributed by atoms with E-state index in [0.717, 1.165) is 85.3 Å². The summed E-state index contributed by atoms with van der Waals surface area (Å²) in [7, 11) is 0. The van der Waals surface area contributed by atoms with Crippen molar-refractivity contribution in [3.63, 3.8) is 0 Å². The van der Waals surface area contributed by atoms with Crippen molar-refractivity contribution in [2.75, 3.05) is 32.7 Å². The van der Waals surface area contributed by atoms with Gasteiger partial charge in [-0.25, -0.2) is 9.97 Å². The Morgan fingerprint density at radius 3 is 2.38 bits per heavy atom. The molecule has 1 aromatic carbocycles. The highest BCUT2D eigenvalue weighted by Crippen LogP contribution is 2.30. The van der Waals surface area contributed by atoms with Crippen LogP contribution in [0.1, 0.15) is 81.3 Å². The van der Waals surface area contributed by atoms with Crippen LogP contribution in [-0.4, -0.2) is 63.0 Å². The molecule has 3 aromatic rings. The van der Waals surface area contributed by atoms with Gasteiger partial charge in [0, 0.05) is 29.7 Å². The van der Waals surface area contributed by atoms with Crippen LogP contribution >= 0.6 is 15.9 Å². The van der Waals surface area contributed by atoms with Crippen LogP contribution in [0.3, 0.4) is 0 Å². The van der Waals surface area contributed by atoms with Crippen LogP contribution in [-0.2, 0) is 6.54 Å². The Morgan fingerprint density at radius 2 is 1.68 bits per heavy atom. The standard InChI is InChI=1S/C30H42BrN5O/c1-4-6-19-35(20-7-5-2)30(37)27-15-14-26-29(33-27)36(21-11-18-34-16-9-8-10-17-34)28(32-26)25-22-24(31)13-12-23(25)3/h12-15,22H,4-11,16-21H2,1-3H3. The number of aryl methyl sites for hydroxylation is 2. The third-order valence-corrected chi connectivity index (χ3v) is 7.90. The molecule has 0 atom stereocenters. The Morgan fingerprint density at radius 1 is 0.946 bits per heavy atom. The van der Waals surface area contributed by atoms with Crippen molar-refractivity contribution in [1.29, 1.82) is 0 Å². The van der Waals surface area contributed by atoms with Gasteiger partial charge in [-0.3, -0.25) is 4.79 Å². The summed E-state index contributed by atoms with van der Waals surface area (Å²) < 4.78 is 3.28. The van der Waals surface area contributed by atoms with E-state index in [1.54, 1.807) is 0 Å². The van der Waals surface area contributed by atoms with Gasteiger partial charge < -0.3 is 14.4 Å². The monoisotopic (exact) mass is 567 g/mol. The van der Waals surface area contributed by atoms with Gasteiger partial charge in [-0.15, -0.1) is 0 Å². The van der Waals surface area contributed by atoms with Crippen molar-refractivity contribution in [3.05, 3.63) is 46.1 Å². The van der Waals surface area contributed by atoms with E-state index in [-0.39, 0.29) is 5.91 Å². The molecule has 1 fully saturated rings. The molecule has 0 saturated carbocycles. The van der Waals surface area contributed by atoms with Gasteiger partial charge in [0.25, 0.3) is 5.91 Å². The second-order valence-electron chi connectivity index (χ2n) is 10.3. The minimum absolute atomic E-state index is 0.0325. The molecule has 1 saturated heterocycles. The molecule has 0 N–H and O–H groups in total.